The zero-order valence-electron chi connectivity index (χ0n) is 16.0. The number of hydrogen-bond donors (Lipinski definition) is 2. The van der Waals surface area contributed by atoms with Crippen LogP contribution in [0.5, 0.6) is 0 Å². The Morgan fingerprint density at radius 3 is 2.34 bits per heavy atom. The Morgan fingerprint density at radius 1 is 1.07 bits per heavy atom. The van der Waals surface area contributed by atoms with Crippen LogP contribution in [-0.2, 0) is 15.6 Å². The smallest absolute Gasteiger partial charge is 0.256 e. The average molecular weight is 411 g/mol. The van der Waals surface area contributed by atoms with Crippen LogP contribution < -0.4 is 10.6 Å². The molecule has 2 amide bonds. The van der Waals surface area contributed by atoms with Gasteiger partial charge in [0.2, 0.25) is 5.91 Å². The highest BCUT2D eigenvalue weighted by Gasteiger charge is 2.16. The Morgan fingerprint density at radius 2 is 1.72 bits per heavy atom. The molecule has 2 atom stereocenters. The molecular weight excluding hydrogens is 390 g/mol. The summed E-state index contributed by atoms with van der Waals surface area (Å²) in [5.74, 6) is -0.131. The van der Waals surface area contributed by atoms with E-state index in [1.807, 2.05) is 6.92 Å². The minimum Gasteiger partial charge on any atom is -0.324 e. The first kappa shape index (κ1) is 20.4. The zero-order chi connectivity index (χ0) is 20.8. The van der Waals surface area contributed by atoms with E-state index in [0.717, 1.165) is 0 Å². The van der Waals surface area contributed by atoms with E-state index in [1.54, 1.807) is 55.5 Å². The van der Waals surface area contributed by atoms with E-state index in [9.17, 15) is 13.8 Å². The van der Waals surface area contributed by atoms with Crippen LogP contribution in [0.2, 0.25) is 0 Å². The summed E-state index contributed by atoms with van der Waals surface area (Å²) in [5, 5.41) is 9.54. The summed E-state index contributed by atoms with van der Waals surface area (Å²) >= 11 is 0. The lowest BCUT2D eigenvalue weighted by molar-refractivity contribution is -0.119. The van der Waals surface area contributed by atoms with Gasteiger partial charge in [-0.15, -0.1) is 0 Å². The van der Waals surface area contributed by atoms with Crippen molar-refractivity contribution in [3.63, 3.8) is 0 Å². The molecule has 0 bridgehead atoms. The molecule has 0 radical (unpaired) electrons. The molecule has 1 heterocycles. The number of carbonyl (C=O) groups is 2. The summed E-state index contributed by atoms with van der Waals surface area (Å²) in [7, 11) is -1.23. The molecule has 0 spiro atoms. The lowest BCUT2D eigenvalue weighted by Gasteiger charge is -2.13. The van der Waals surface area contributed by atoms with E-state index in [2.05, 4.69) is 20.7 Å². The van der Waals surface area contributed by atoms with Crippen LogP contribution >= 0.6 is 0 Å². The maximum Gasteiger partial charge on any atom is 0.256 e. The number of aromatic nitrogens is 3. The number of rotatable bonds is 7. The Balaban J connectivity index is 1.66. The van der Waals surface area contributed by atoms with Crippen molar-refractivity contribution in [2.75, 3.05) is 16.4 Å². The Bertz CT molecular complexity index is 1020. The molecule has 0 saturated heterocycles. The van der Waals surface area contributed by atoms with Gasteiger partial charge in [-0.2, -0.15) is 5.10 Å². The Labute approximate surface area is 170 Å². The average Bonchev–Trinajstić information content (AvgIpc) is 3.28. The van der Waals surface area contributed by atoms with Crippen LogP contribution in [0.4, 0.5) is 11.4 Å². The molecule has 9 heteroatoms. The van der Waals surface area contributed by atoms with Crippen molar-refractivity contribution in [3.8, 4) is 0 Å². The minimum atomic E-state index is -1.23. The molecular formula is C20H21N5O3S. The zero-order valence-corrected chi connectivity index (χ0v) is 16.8. The number of anilines is 2. The van der Waals surface area contributed by atoms with E-state index < -0.39 is 16.8 Å². The van der Waals surface area contributed by atoms with Gasteiger partial charge in [-0.25, -0.2) is 9.67 Å². The molecule has 3 aromatic rings. The maximum absolute atomic E-state index is 12.6. The van der Waals surface area contributed by atoms with Crippen molar-refractivity contribution < 1.29 is 13.8 Å². The van der Waals surface area contributed by atoms with Crippen molar-refractivity contribution in [1.82, 2.24) is 14.8 Å². The standard InChI is InChI=1S/C20H21N5O3S/c1-3-29(28)18-7-5-4-6-17(18)20(27)24-16-10-8-15(9-11-16)23-19(26)14(2)25-13-21-12-22-25/h4-14H,3H2,1-2H3,(H,23,26)(H,24,27). The number of amides is 2. The molecule has 150 valence electrons. The number of hydrogen-bond acceptors (Lipinski definition) is 5. The SMILES string of the molecule is CCS(=O)c1ccccc1C(=O)Nc1ccc(NC(=O)C(C)n2cncn2)cc1. The summed E-state index contributed by atoms with van der Waals surface area (Å²) in [6.07, 6.45) is 2.85. The molecule has 0 fully saturated rings. The Hall–Kier alpha value is -3.33. The van der Waals surface area contributed by atoms with E-state index >= 15 is 0 Å². The summed E-state index contributed by atoms with van der Waals surface area (Å²) in [4.78, 5) is 29.2. The quantitative estimate of drug-likeness (QED) is 0.622. The molecule has 29 heavy (non-hydrogen) atoms. The largest absolute Gasteiger partial charge is 0.324 e. The van der Waals surface area contributed by atoms with E-state index in [-0.39, 0.29) is 11.8 Å². The summed E-state index contributed by atoms with van der Waals surface area (Å²) < 4.78 is 13.6. The van der Waals surface area contributed by atoms with Crippen LogP contribution in [0.1, 0.15) is 30.2 Å². The molecule has 8 nitrogen and oxygen atoms in total. The monoisotopic (exact) mass is 411 g/mol. The molecule has 3 rings (SSSR count). The second-order valence-corrected chi connectivity index (χ2v) is 7.91. The normalized spacial score (nSPS) is 12.8. The summed E-state index contributed by atoms with van der Waals surface area (Å²) in [6.45, 7) is 3.53. The molecule has 2 unspecified atom stereocenters. The van der Waals surface area contributed by atoms with Gasteiger partial charge in [-0.05, 0) is 43.3 Å². The third-order valence-electron chi connectivity index (χ3n) is 4.26. The summed E-state index contributed by atoms with van der Waals surface area (Å²) in [5.41, 5.74) is 1.54. The van der Waals surface area contributed by atoms with Crippen molar-refractivity contribution in [2.45, 2.75) is 24.8 Å². The molecule has 0 aliphatic carbocycles. The van der Waals surface area contributed by atoms with Crippen LogP contribution in [0, 0.1) is 0 Å². The van der Waals surface area contributed by atoms with Gasteiger partial charge in [-0.1, -0.05) is 19.1 Å². The van der Waals surface area contributed by atoms with E-state index in [4.69, 9.17) is 0 Å². The number of benzene rings is 2. The van der Waals surface area contributed by atoms with Gasteiger partial charge in [-0.3, -0.25) is 13.8 Å². The van der Waals surface area contributed by atoms with Crippen molar-refractivity contribution in [3.05, 3.63) is 66.7 Å². The summed E-state index contributed by atoms with van der Waals surface area (Å²) in [6, 6.07) is 13.1. The first-order chi connectivity index (χ1) is 14.0. The topological polar surface area (TPSA) is 106 Å². The van der Waals surface area contributed by atoms with E-state index in [0.29, 0.717) is 27.6 Å². The van der Waals surface area contributed by atoms with Crippen LogP contribution in [0.25, 0.3) is 0 Å². The Kier molecular flexibility index (Phi) is 6.50. The highest BCUT2D eigenvalue weighted by Crippen LogP contribution is 2.19. The first-order valence-electron chi connectivity index (χ1n) is 9.03. The van der Waals surface area contributed by atoms with Gasteiger partial charge in [0, 0.05) is 17.1 Å². The van der Waals surface area contributed by atoms with Gasteiger partial charge in [0.15, 0.2) is 0 Å². The number of nitrogens with zero attached hydrogens (tertiary/aromatic N) is 3. The molecule has 2 N–H and O–H groups in total. The van der Waals surface area contributed by atoms with Gasteiger partial charge >= 0.3 is 0 Å². The van der Waals surface area contributed by atoms with Crippen molar-refractivity contribution in [1.29, 1.82) is 0 Å². The van der Waals surface area contributed by atoms with Crippen molar-refractivity contribution in [2.24, 2.45) is 0 Å². The van der Waals surface area contributed by atoms with Crippen LogP contribution in [0.15, 0.2) is 66.1 Å². The molecule has 2 aromatic carbocycles. The molecule has 0 aliphatic rings. The first-order valence-corrected chi connectivity index (χ1v) is 10.3. The fraction of sp³-hybridized carbons (Fsp3) is 0.200. The molecule has 1 aromatic heterocycles. The highest BCUT2D eigenvalue weighted by atomic mass is 32.2. The van der Waals surface area contributed by atoms with Crippen LogP contribution in [0.3, 0.4) is 0 Å². The van der Waals surface area contributed by atoms with Gasteiger partial charge in [0.1, 0.15) is 18.7 Å². The van der Waals surface area contributed by atoms with E-state index in [1.165, 1.54) is 17.3 Å². The number of nitrogens with one attached hydrogen (secondary N) is 2. The van der Waals surface area contributed by atoms with Gasteiger partial charge in [0.05, 0.1) is 21.3 Å². The predicted octanol–water partition coefficient (Wildman–Crippen LogP) is 2.86. The second kappa shape index (κ2) is 9.24. The van der Waals surface area contributed by atoms with Gasteiger partial charge < -0.3 is 10.6 Å². The lowest BCUT2D eigenvalue weighted by atomic mass is 10.2. The maximum atomic E-state index is 12.6. The molecule has 0 saturated carbocycles. The third kappa shape index (κ3) is 4.94. The molecule has 0 aliphatic heterocycles. The third-order valence-corrected chi connectivity index (χ3v) is 5.63. The predicted molar refractivity (Wildman–Crippen MR) is 111 cm³/mol. The van der Waals surface area contributed by atoms with Crippen LogP contribution in [-0.4, -0.2) is 36.5 Å². The van der Waals surface area contributed by atoms with Crippen molar-refractivity contribution >= 4 is 34.0 Å². The second-order valence-electron chi connectivity index (χ2n) is 6.20. The fourth-order valence-corrected chi connectivity index (χ4v) is 3.58. The minimum absolute atomic E-state index is 0.233. The van der Waals surface area contributed by atoms with Gasteiger partial charge in [0.25, 0.3) is 5.91 Å². The highest BCUT2D eigenvalue weighted by molar-refractivity contribution is 7.85. The fourth-order valence-electron chi connectivity index (χ4n) is 2.63. The lowest BCUT2D eigenvalue weighted by Crippen LogP contribution is -2.24. The number of carbonyl (C=O) groups excluding carboxylic acids is 2.